The van der Waals surface area contributed by atoms with E-state index in [0.717, 1.165) is 12.1 Å². The van der Waals surface area contributed by atoms with E-state index < -0.39 is 5.97 Å². The van der Waals surface area contributed by atoms with Crippen LogP contribution in [-0.2, 0) is 11.3 Å². The van der Waals surface area contributed by atoms with Gasteiger partial charge in [0.05, 0.1) is 5.92 Å². The van der Waals surface area contributed by atoms with Crippen molar-refractivity contribution in [2.24, 2.45) is 5.92 Å². The molecule has 0 bridgehead atoms. The third-order valence-corrected chi connectivity index (χ3v) is 2.86. The van der Waals surface area contributed by atoms with Gasteiger partial charge in [-0.1, -0.05) is 12.1 Å². The normalized spacial score (nSPS) is 21.2. The van der Waals surface area contributed by atoms with Crippen LogP contribution in [0.5, 0.6) is 0 Å². The third-order valence-electron chi connectivity index (χ3n) is 2.86. The lowest BCUT2D eigenvalue weighted by molar-refractivity contribution is -0.141. The summed E-state index contributed by atoms with van der Waals surface area (Å²) in [4.78, 5) is 12.8. The first-order chi connectivity index (χ1) is 7.65. The number of benzene rings is 1. The minimum absolute atomic E-state index is 0.278. The van der Waals surface area contributed by atoms with E-state index in [1.807, 2.05) is 4.90 Å². The van der Waals surface area contributed by atoms with Crippen LogP contribution in [0, 0.1) is 17.8 Å². The van der Waals surface area contributed by atoms with Crippen LogP contribution in [-0.4, -0.2) is 29.1 Å². The van der Waals surface area contributed by atoms with Gasteiger partial charge in [0.15, 0.2) is 0 Å². The van der Waals surface area contributed by atoms with Crippen molar-refractivity contribution >= 4 is 5.97 Å². The number of likely N-dealkylation sites (tertiary alicyclic amines) is 1. The van der Waals surface area contributed by atoms with Crippen molar-refractivity contribution in [2.75, 3.05) is 13.1 Å². The lowest BCUT2D eigenvalue weighted by atomic mass is 10.1. The zero-order valence-electron chi connectivity index (χ0n) is 8.82. The van der Waals surface area contributed by atoms with Crippen LogP contribution in [0.3, 0.4) is 0 Å². The second-order valence-electron chi connectivity index (χ2n) is 4.10. The molecule has 1 heterocycles. The number of hydrogen-bond donors (Lipinski definition) is 1. The van der Waals surface area contributed by atoms with Crippen molar-refractivity contribution in [3.8, 4) is 0 Å². The topological polar surface area (TPSA) is 40.5 Å². The van der Waals surface area contributed by atoms with Crippen LogP contribution >= 0.6 is 0 Å². The number of carboxylic acids is 1. The Morgan fingerprint density at radius 3 is 3.12 bits per heavy atom. The zero-order valence-corrected chi connectivity index (χ0v) is 8.82. The molecule has 3 nitrogen and oxygen atoms in total. The van der Waals surface area contributed by atoms with Crippen LogP contribution in [0.4, 0.5) is 4.39 Å². The first-order valence-electron chi connectivity index (χ1n) is 5.26. The van der Waals surface area contributed by atoms with Crippen LogP contribution in [0.2, 0.25) is 0 Å². The SMILES string of the molecule is O=C(O)C1CCN(Cc2cc[c]c(F)c2)C1. The molecule has 1 fully saturated rings. The van der Waals surface area contributed by atoms with Crippen molar-refractivity contribution < 1.29 is 14.3 Å². The molecule has 1 atom stereocenters. The van der Waals surface area contributed by atoms with Gasteiger partial charge in [-0.05, 0) is 24.6 Å². The quantitative estimate of drug-likeness (QED) is 0.843. The van der Waals surface area contributed by atoms with Crippen molar-refractivity contribution in [2.45, 2.75) is 13.0 Å². The van der Waals surface area contributed by atoms with Crippen molar-refractivity contribution in [1.82, 2.24) is 4.90 Å². The monoisotopic (exact) mass is 222 g/mol. The number of nitrogens with zero attached hydrogens (tertiary/aromatic N) is 1. The van der Waals surface area contributed by atoms with Crippen LogP contribution < -0.4 is 0 Å². The van der Waals surface area contributed by atoms with E-state index in [-0.39, 0.29) is 11.7 Å². The molecule has 4 heteroatoms. The summed E-state index contributed by atoms with van der Waals surface area (Å²) < 4.78 is 12.9. The predicted molar refractivity (Wildman–Crippen MR) is 56.3 cm³/mol. The fourth-order valence-electron chi connectivity index (χ4n) is 2.02. The summed E-state index contributed by atoms with van der Waals surface area (Å²) in [5, 5.41) is 8.85. The lowest BCUT2D eigenvalue weighted by Crippen LogP contribution is -2.22. The summed E-state index contributed by atoms with van der Waals surface area (Å²) in [6, 6.07) is 7.24. The molecule has 0 amide bonds. The van der Waals surface area contributed by atoms with Crippen LogP contribution in [0.1, 0.15) is 12.0 Å². The molecular weight excluding hydrogens is 209 g/mol. The Hall–Kier alpha value is -1.42. The zero-order chi connectivity index (χ0) is 11.5. The number of aliphatic carboxylic acids is 1. The molecule has 85 valence electrons. The van der Waals surface area contributed by atoms with E-state index in [1.54, 1.807) is 12.1 Å². The molecule has 2 rings (SSSR count). The maximum absolute atomic E-state index is 12.9. The molecule has 1 aromatic carbocycles. The Morgan fingerprint density at radius 1 is 1.69 bits per heavy atom. The highest BCUT2D eigenvalue weighted by Gasteiger charge is 2.27. The van der Waals surface area contributed by atoms with E-state index in [2.05, 4.69) is 6.07 Å². The van der Waals surface area contributed by atoms with Gasteiger partial charge < -0.3 is 5.11 Å². The Balaban J connectivity index is 1.94. The first-order valence-corrected chi connectivity index (χ1v) is 5.26. The Labute approximate surface area is 93.5 Å². The van der Waals surface area contributed by atoms with Gasteiger partial charge in [0, 0.05) is 19.2 Å². The smallest absolute Gasteiger partial charge is 0.307 e. The van der Waals surface area contributed by atoms with Crippen molar-refractivity contribution in [3.63, 3.8) is 0 Å². The largest absolute Gasteiger partial charge is 0.481 e. The summed E-state index contributed by atoms with van der Waals surface area (Å²) in [6.07, 6.45) is 0.677. The first kappa shape index (κ1) is 11.1. The average molecular weight is 222 g/mol. The van der Waals surface area contributed by atoms with Gasteiger partial charge in [-0.2, -0.15) is 0 Å². The summed E-state index contributed by atoms with van der Waals surface area (Å²) in [7, 11) is 0. The Kier molecular flexibility index (Phi) is 3.19. The van der Waals surface area contributed by atoms with E-state index >= 15 is 0 Å². The Morgan fingerprint density at radius 2 is 2.50 bits per heavy atom. The molecule has 1 saturated heterocycles. The van der Waals surface area contributed by atoms with Crippen molar-refractivity contribution in [3.05, 3.63) is 35.6 Å². The average Bonchev–Trinajstić information content (AvgIpc) is 2.66. The number of carboxylic acid groups (broad SMARTS) is 1. The fraction of sp³-hybridized carbons (Fsp3) is 0.417. The molecule has 1 radical (unpaired) electrons. The second kappa shape index (κ2) is 4.61. The van der Waals surface area contributed by atoms with Crippen LogP contribution in [0.15, 0.2) is 18.2 Å². The van der Waals surface area contributed by atoms with Gasteiger partial charge in [-0.3, -0.25) is 9.69 Å². The number of hydrogen-bond acceptors (Lipinski definition) is 2. The van der Waals surface area contributed by atoms with Gasteiger partial charge in [-0.15, -0.1) is 0 Å². The summed E-state index contributed by atoms with van der Waals surface area (Å²) in [5.41, 5.74) is 0.863. The lowest BCUT2D eigenvalue weighted by Gasteiger charge is -2.14. The molecule has 1 aliphatic rings. The molecule has 0 spiro atoms. The number of halogens is 1. The minimum Gasteiger partial charge on any atom is -0.481 e. The van der Waals surface area contributed by atoms with Crippen LogP contribution in [0.25, 0.3) is 0 Å². The summed E-state index contributed by atoms with van der Waals surface area (Å²) >= 11 is 0. The predicted octanol–water partition coefficient (Wildman–Crippen LogP) is 1.53. The standard InChI is InChI=1S/C12H13FNO2/c13-11-3-1-2-9(6-11)7-14-5-4-10(8-14)12(15)16/h1-2,6,10H,4-5,7-8H2,(H,15,16). The molecule has 0 saturated carbocycles. The molecule has 1 unspecified atom stereocenters. The summed E-state index contributed by atoms with van der Waals surface area (Å²) in [5.74, 6) is -1.39. The van der Waals surface area contributed by atoms with E-state index in [0.29, 0.717) is 19.5 Å². The molecular formula is C12H13FNO2. The maximum Gasteiger partial charge on any atom is 0.307 e. The number of rotatable bonds is 3. The van der Waals surface area contributed by atoms with Gasteiger partial charge in [-0.25, -0.2) is 4.39 Å². The molecule has 1 aromatic rings. The Bertz CT molecular complexity index is 394. The molecule has 1 N–H and O–H groups in total. The molecule has 0 aliphatic carbocycles. The molecule has 16 heavy (non-hydrogen) atoms. The second-order valence-corrected chi connectivity index (χ2v) is 4.10. The molecule has 0 aromatic heterocycles. The maximum atomic E-state index is 12.9. The highest BCUT2D eigenvalue weighted by Crippen LogP contribution is 2.18. The van der Waals surface area contributed by atoms with E-state index in [4.69, 9.17) is 5.11 Å². The van der Waals surface area contributed by atoms with E-state index in [9.17, 15) is 9.18 Å². The number of carbonyl (C=O) groups is 1. The van der Waals surface area contributed by atoms with Gasteiger partial charge >= 0.3 is 5.97 Å². The van der Waals surface area contributed by atoms with Crippen molar-refractivity contribution in [1.29, 1.82) is 0 Å². The van der Waals surface area contributed by atoms with Gasteiger partial charge in [0.2, 0.25) is 0 Å². The summed E-state index contributed by atoms with van der Waals surface area (Å²) in [6.45, 7) is 1.92. The molecule has 1 aliphatic heterocycles. The minimum atomic E-state index is -0.741. The highest BCUT2D eigenvalue weighted by molar-refractivity contribution is 5.70. The van der Waals surface area contributed by atoms with Gasteiger partial charge in [0.1, 0.15) is 5.82 Å². The van der Waals surface area contributed by atoms with Gasteiger partial charge in [0.25, 0.3) is 0 Å². The third kappa shape index (κ3) is 2.58. The van der Waals surface area contributed by atoms with E-state index in [1.165, 1.54) is 6.07 Å². The highest BCUT2D eigenvalue weighted by atomic mass is 19.1. The fourth-order valence-corrected chi connectivity index (χ4v) is 2.02.